The first-order chi connectivity index (χ1) is 9.70. The van der Waals surface area contributed by atoms with E-state index in [2.05, 4.69) is 10.9 Å². The molecule has 2 rings (SSSR count). The topological polar surface area (TPSA) is 33.2 Å². The van der Waals surface area contributed by atoms with Crippen molar-refractivity contribution in [2.75, 3.05) is 6.54 Å². The number of rotatable bonds is 4. The summed E-state index contributed by atoms with van der Waals surface area (Å²) in [4.78, 5) is 17.7. The van der Waals surface area contributed by atoms with E-state index in [-0.39, 0.29) is 18.3 Å². The monoisotopic (exact) mass is 268 g/mol. The molecule has 0 atom stereocenters. The van der Waals surface area contributed by atoms with E-state index in [1.54, 1.807) is 36.7 Å². The van der Waals surface area contributed by atoms with Crippen molar-refractivity contribution in [1.82, 2.24) is 9.88 Å². The SMILES string of the molecule is C#CCN(Cc1ccc(F)cc1)C(=O)c1ccncc1. The smallest absolute Gasteiger partial charge is 0.255 e. The summed E-state index contributed by atoms with van der Waals surface area (Å²) in [5, 5.41) is 0. The Morgan fingerprint density at radius 1 is 1.20 bits per heavy atom. The Morgan fingerprint density at radius 3 is 2.45 bits per heavy atom. The van der Waals surface area contributed by atoms with E-state index < -0.39 is 0 Å². The number of halogens is 1. The minimum absolute atomic E-state index is 0.172. The summed E-state index contributed by atoms with van der Waals surface area (Å²) in [6.07, 6.45) is 8.42. The van der Waals surface area contributed by atoms with Crippen LogP contribution >= 0.6 is 0 Å². The Hall–Kier alpha value is -2.67. The maximum Gasteiger partial charge on any atom is 0.255 e. The normalized spacial score (nSPS) is 9.80. The van der Waals surface area contributed by atoms with Gasteiger partial charge in [-0.15, -0.1) is 6.42 Å². The predicted molar refractivity (Wildman–Crippen MR) is 74.2 cm³/mol. The van der Waals surface area contributed by atoms with Gasteiger partial charge in [-0.3, -0.25) is 9.78 Å². The molecule has 1 aromatic heterocycles. The Morgan fingerprint density at radius 2 is 1.85 bits per heavy atom. The molecule has 0 aliphatic heterocycles. The molecule has 100 valence electrons. The Balaban J connectivity index is 2.17. The van der Waals surface area contributed by atoms with E-state index in [1.165, 1.54) is 17.0 Å². The van der Waals surface area contributed by atoms with Crippen LogP contribution in [0.5, 0.6) is 0 Å². The highest BCUT2D eigenvalue weighted by atomic mass is 19.1. The van der Waals surface area contributed by atoms with E-state index in [0.29, 0.717) is 12.1 Å². The predicted octanol–water partition coefficient (Wildman–Crippen LogP) is 2.50. The van der Waals surface area contributed by atoms with E-state index in [9.17, 15) is 9.18 Å². The average Bonchev–Trinajstić information content (AvgIpc) is 2.49. The maximum atomic E-state index is 12.9. The summed E-state index contributed by atoms with van der Waals surface area (Å²) < 4.78 is 12.9. The van der Waals surface area contributed by atoms with Gasteiger partial charge in [-0.1, -0.05) is 18.1 Å². The van der Waals surface area contributed by atoms with Crippen LogP contribution in [0.1, 0.15) is 15.9 Å². The van der Waals surface area contributed by atoms with Gasteiger partial charge < -0.3 is 4.90 Å². The van der Waals surface area contributed by atoms with Crippen molar-refractivity contribution in [3.8, 4) is 12.3 Å². The number of aromatic nitrogens is 1. The minimum Gasteiger partial charge on any atom is -0.323 e. The van der Waals surface area contributed by atoms with Gasteiger partial charge in [0.25, 0.3) is 5.91 Å². The third kappa shape index (κ3) is 3.42. The summed E-state index contributed by atoms with van der Waals surface area (Å²) in [6.45, 7) is 0.532. The molecule has 1 heterocycles. The van der Waals surface area contributed by atoms with Crippen molar-refractivity contribution < 1.29 is 9.18 Å². The number of carbonyl (C=O) groups excluding carboxylic acids is 1. The van der Waals surface area contributed by atoms with Gasteiger partial charge in [-0.2, -0.15) is 0 Å². The lowest BCUT2D eigenvalue weighted by molar-refractivity contribution is 0.0765. The Bertz CT molecular complexity index is 617. The molecule has 1 aromatic carbocycles. The number of amides is 1. The summed E-state index contributed by atoms with van der Waals surface area (Å²) in [5.41, 5.74) is 1.35. The first-order valence-corrected chi connectivity index (χ1v) is 6.08. The van der Waals surface area contributed by atoms with Crippen molar-refractivity contribution >= 4 is 5.91 Å². The quantitative estimate of drug-likeness (QED) is 0.798. The fraction of sp³-hybridized carbons (Fsp3) is 0.125. The molecule has 0 saturated carbocycles. The average molecular weight is 268 g/mol. The van der Waals surface area contributed by atoms with Gasteiger partial charge in [0.1, 0.15) is 5.82 Å². The standard InChI is InChI=1S/C16H13FN2O/c1-2-11-19(12-13-3-5-15(17)6-4-13)16(20)14-7-9-18-10-8-14/h1,3-10H,11-12H2. The third-order valence-corrected chi connectivity index (χ3v) is 2.78. The number of carbonyl (C=O) groups is 1. The molecule has 0 fully saturated rings. The van der Waals surface area contributed by atoms with Crippen molar-refractivity contribution in [1.29, 1.82) is 0 Å². The summed E-state index contributed by atoms with van der Waals surface area (Å²) >= 11 is 0. The zero-order valence-electron chi connectivity index (χ0n) is 10.8. The van der Waals surface area contributed by atoms with Gasteiger partial charge >= 0.3 is 0 Å². The van der Waals surface area contributed by atoms with E-state index in [4.69, 9.17) is 6.42 Å². The highest BCUT2D eigenvalue weighted by molar-refractivity contribution is 5.94. The highest BCUT2D eigenvalue weighted by Crippen LogP contribution is 2.10. The van der Waals surface area contributed by atoms with Crippen LogP contribution in [0.25, 0.3) is 0 Å². The van der Waals surface area contributed by atoms with Gasteiger partial charge in [0.05, 0.1) is 6.54 Å². The zero-order valence-corrected chi connectivity index (χ0v) is 10.8. The lowest BCUT2D eigenvalue weighted by Gasteiger charge is -2.20. The Kier molecular flexibility index (Phi) is 4.46. The third-order valence-electron chi connectivity index (χ3n) is 2.78. The molecule has 0 spiro atoms. The van der Waals surface area contributed by atoms with Crippen molar-refractivity contribution in [3.63, 3.8) is 0 Å². The second-order valence-corrected chi connectivity index (χ2v) is 4.23. The number of hydrogen-bond acceptors (Lipinski definition) is 2. The van der Waals surface area contributed by atoms with Crippen molar-refractivity contribution in [2.24, 2.45) is 0 Å². The van der Waals surface area contributed by atoms with Gasteiger partial charge in [-0.25, -0.2) is 4.39 Å². The highest BCUT2D eigenvalue weighted by Gasteiger charge is 2.15. The first-order valence-electron chi connectivity index (χ1n) is 6.08. The maximum absolute atomic E-state index is 12.9. The molecule has 0 N–H and O–H groups in total. The molecule has 0 unspecified atom stereocenters. The number of pyridine rings is 1. The lowest BCUT2D eigenvalue weighted by atomic mass is 10.2. The van der Waals surface area contributed by atoms with Crippen LogP contribution < -0.4 is 0 Å². The van der Waals surface area contributed by atoms with Crippen LogP contribution in [-0.4, -0.2) is 22.3 Å². The molecule has 0 aliphatic carbocycles. The largest absolute Gasteiger partial charge is 0.323 e. The van der Waals surface area contributed by atoms with Crippen LogP contribution in [0, 0.1) is 18.2 Å². The molecule has 4 heteroatoms. The first kappa shape index (κ1) is 13.8. The molecule has 20 heavy (non-hydrogen) atoms. The van der Waals surface area contributed by atoms with E-state index in [0.717, 1.165) is 5.56 Å². The number of hydrogen-bond donors (Lipinski definition) is 0. The van der Waals surface area contributed by atoms with Crippen molar-refractivity contribution in [2.45, 2.75) is 6.54 Å². The van der Waals surface area contributed by atoms with Gasteiger partial charge in [-0.05, 0) is 29.8 Å². The fourth-order valence-electron chi connectivity index (χ4n) is 1.80. The summed E-state index contributed by atoms with van der Waals surface area (Å²) in [5.74, 6) is 1.99. The minimum atomic E-state index is -0.308. The van der Waals surface area contributed by atoms with Crippen molar-refractivity contribution in [3.05, 3.63) is 65.7 Å². The number of nitrogens with zero attached hydrogens (tertiary/aromatic N) is 2. The van der Waals surface area contributed by atoms with E-state index >= 15 is 0 Å². The molecule has 0 bridgehead atoms. The van der Waals surface area contributed by atoms with Gasteiger partial charge in [0, 0.05) is 24.5 Å². The lowest BCUT2D eigenvalue weighted by Crippen LogP contribution is -2.30. The second kappa shape index (κ2) is 6.48. The molecule has 2 aromatic rings. The Labute approximate surface area is 117 Å². The van der Waals surface area contributed by atoms with Crippen LogP contribution in [0.15, 0.2) is 48.8 Å². The van der Waals surface area contributed by atoms with E-state index in [1.807, 2.05) is 0 Å². The van der Waals surface area contributed by atoms with Gasteiger partial charge in [0.15, 0.2) is 0 Å². The summed E-state index contributed by atoms with van der Waals surface area (Å²) in [7, 11) is 0. The molecule has 0 aliphatic rings. The molecule has 1 amide bonds. The van der Waals surface area contributed by atoms with Gasteiger partial charge in [0.2, 0.25) is 0 Å². The second-order valence-electron chi connectivity index (χ2n) is 4.23. The van der Waals surface area contributed by atoms with Crippen LogP contribution in [-0.2, 0) is 6.54 Å². The van der Waals surface area contributed by atoms with Crippen LogP contribution in [0.3, 0.4) is 0 Å². The summed E-state index contributed by atoms with van der Waals surface area (Å²) in [6, 6.07) is 9.27. The molecular weight excluding hydrogens is 255 g/mol. The number of benzene rings is 1. The zero-order chi connectivity index (χ0) is 14.4. The molecule has 0 saturated heterocycles. The molecule has 0 radical (unpaired) electrons. The number of terminal acetylenes is 1. The fourth-order valence-corrected chi connectivity index (χ4v) is 1.80. The van der Waals surface area contributed by atoms with Crippen LogP contribution in [0.4, 0.5) is 4.39 Å². The molecule has 3 nitrogen and oxygen atoms in total. The van der Waals surface area contributed by atoms with Crippen LogP contribution in [0.2, 0.25) is 0 Å². The molecular formula is C16H13FN2O.